The number of pyridine rings is 1. The van der Waals surface area contributed by atoms with Crippen LogP contribution in [0, 0.1) is 0 Å². The minimum atomic E-state index is -1.06. The Bertz CT molecular complexity index is 894. The van der Waals surface area contributed by atoms with Gasteiger partial charge >= 0.3 is 5.97 Å². The van der Waals surface area contributed by atoms with E-state index in [1.807, 2.05) is 31.4 Å². The molecular weight excluding hydrogens is 320 g/mol. The van der Waals surface area contributed by atoms with E-state index < -0.39 is 5.97 Å². The van der Waals surface area contributed by atoms with Crippen molar-refractivity contribution >= 4 is 11.9 Å². The number of hydrogen-bond donors (Lipinski definition) is 1. The molecule has 0 aromatic carbocycles. The van der Waals surface area contributed by atoms with Crippen molar-refractivity contribution in [2.24, 2.45) is 0 Å². The normalized spacial score (nSPS) is 19.2. The van der Waals surface area contributed by atoms with Crippen molar-refractivity contribution in [1.29, 1.82) is 0 Å². The van der Waals surface area contributed by atoms with Gasteiger partial charge < -0.3 is 10.0 Å². The summed E-state index contributed by atoms with van der Waals surface area (Å²) in [5, 5.41) is 9.75. The molecule has 1 saturated heterocycles. The maximum absolute atomic E-state index is 13.0. The SMILES string of the molecule is CC(C)(C)c1nc(C(=O)O)c2n1-c1cccnc1C(=O)N1CCCC21. The van der Waals surface area contributed by atoms with Gasteiger partial charge in [-0.15, -0.1) is 0 Å². The molecule has 130 valence electrons. The number of fused-ring (bicyclic) bond motifs is 5. The average Bonchev–Trinajstić information content (AvgIpc) is 3.15. The van der Waals surface area contributed by atoms with E-state index in [2.05, 4.69) is 9.97 Å². The predicted octanol–water partition coefficient (Wildman–Crippen LogP) is 2.55. The molecule has 2 aliphatic heterocycles. The molecule has 2 aromatic heterocycles. The third kappa shape index (κ3) is 2.18. The molecule has 25 heavy (non-hydrogen) atoms. The third-order valence-corrected chi connectivity index (χ3v) is 4.85. The largest absolute Gasteiger partial charge is 0.476 e. The van der Waals surface area contributed by atoms with Crippen LogP contribution in [0.5, 0.6) is 0 Å². The fraction of sp³-hybridized carbons (Fsp3) is 0.444. The Balaban J connectivity index is 2.14. The van der Waals surface area contributed by atoms with E-state index in [1.54, 1.807) is 17.2 Å². The Kier molecular flexibility index (Phi) is 3.25. The van der Waals surface area contributed by atoms with Gasteiger partial charge in [-0.05, 0) is 25.0 Å². The van der Waals surface area contributed by atoms with Crippen molar-refractivity contribution in [2.45, 2.75) is 45.1 Å². The summed E-state index contributed by atoms with van der Waals surface area (Å²) in [5.41, 5.74) is 1.21. The van der Waals surface area contributed by atoms with E-state index in [1.165, 1.54) is 0 Å². The molecule has 1 atom stereocenters. The van der Waals surface area contributed by atoms with Crippen LogP contribution in [0.4, 0.5) is 0 Å². The lowest BCUT2D eigenvalue weighted by Gasteiger charge is -2.23. The van der Waals surface area contributed by atoms with E-state index in [9.17, 15) is 14.7 Å². The van der Waals surface area contributed by atoms with Crippen molar-refractivity contribution in [3.05, 3.63) is 41.2 Å². The number of aromatic nitrogens is 3. The zero-order valence-electron chi connectivity index (χ0n) is 14.5. The third-order valence-electron chi connectivity index (χ3n) is 4.85. The summed E-state index contributed by atoms with van der Waals surface area (Å²) in [6.07, 6.45) is 3.17. The highest BCUT2D eigenvalue weighted by molar-refractivity contribution is 5.98. The van der Waals surface area contributed by atoms with Crippen LogP contribution in [-0.2, 0) is 5.41 Å². The van der Waals surface area contributed by atoms with Crippen molar-refractivity contribution in [3.8, 4) is 5.69 Å². The molecule has 4 rings (SSSR count). The topological polar surface area (TPSA) is 88.3 Å². The molecule has 1 amide bonds. The van der Waals surface area contributed by atoms with Crippen LogP contribution >= 0.6 is 0 Å². The van der Waals surface area contributed by atoms with Crippen LogP contribution in [-0.4, -0.2) is 43.0 Å². The monoisotopic (exact) mass is 340 g/mol. The van der Waals surface area contributed by atoms with E-state index in [4.69, 9.17) is 0 Å². The molecule has 1 unspecified atom stereocenters. The van der Waals surface area contributed by atoms with E-state index in [0.717, 1.165) is 12.8 Å². The van der Waals surface area contributed by atoms with Crippen LogP contribution < -0.4 is 0 Å². The van der Waals surface area contributed by atoms with Gasteiger partial charge in [0, 0.05) is 18.2 Å². The second kappa shape index (κ2) is 5.15. The van der Waals surface area contributed by atoms with Crippen LogP contribution in [0.2, 0.25) is 0 Å². The molecule has 1 N–H and O–H groups in total. The number of aromatic carboxylic acids is 1. The molecule has 0 radical (unpaired) electrons. The second-order valence-electron chi connectivity index (χ2n) is 7.59. The molecule has 2 aromatic rings. The van der Waals surface area contributed by atoms with Gasteiger partial charge in [-0.3, -0.25) is 9.36 Å². The van der Waals surface area contributed by atoms with E-state index in [0.29, 0.717) is 29.4 Å². The number of hydrogen-bond acceptors (Lipinski definition) is 4. The molecule has 2 aliphatic rings. The first-order valence-corrected chi connectivity index (χ1v) is 8.43. The summed E-state index contributed by atoms with van der Waals surface area (Å²) in [5.74, 6) is -0.570. The van der Waals surface area contributed by atoms with E-state index >= 15 is 0 Å². The van der Waals surface area contributed by atoms with Gasteiger partial charge in [0.1, 0.15) is 5.82 Å². The minimum absolute atomic E-state index is 0.0336. The van der Waals surface area contributed by atoms with Gasteiger partial charge in [-0.25, -0.2) is 14.8 Å². The molecule has 7 nitrogen and oxygen atoms in total. The maximum atomic E-state index is 13.0. The lowest BCUT2D eigenvalue weighted by atomic mass is 9.95. The standard InChI is InChI=1S/C18H20N4O3/c1-18(2,3)17-20-13(16(24)25)14-11-7-5-9-21(11)15(23)12-10(22(14)17)6-4-8-19-12/h4,6,8,11H,5,7,9H2,1-3H3,(H,24,25). The number of amides is 1. The average molecular weight is 340 g/mol. The lowest BCUT2D eigenvalue weighted by Crippen LogP contribution is -2.30. The van der Waals surface area contributed by atoms with Gasteiger partial charge in [-0.2, -0.15) is 0 Å². The maximum Gasteiger partial charge on any atom is 0.356 e. The molecule has 7 heteroatoms. The summed E-state index contributed by atoms with van der Waals surface area (Å²) >= 11 is 0. The van der Waals surface area contributed by atoms with Crippen LogP contribution in [0.15, 0.2) is 18.3 Å². The first kappa shape index (κ1) is 15.8. The lowest BCUT2D eigenvalue weighted by molar-refractivity contribution is 0.0672. The van der Waals surface area contributed by atoms with Gasteiger partial charge in [0.25, 0.3) is 5.91 Å². The quantitative estimate of drug-likeness (QED) is 0.862. The molecule has 4 heterocycles. The second-order valence-corrected chi connectivity index (χ2v) is 7.59. The zero-order chi connectivity index (χ0) is 17.9. The summed E-state index contributed by atoms with van der Waals surface area (Å²) in [7, 11) is 0. The highest BCUT2D eigenvalue weighted by Gasteiger charge is 2.43. The van der Waals surface area contributed by atoms with Crippen LogP contribution in [0.1, 0.15) is 72.1 Å². The number of carbonyl (C=O) groups is 2. The van der Waals surface area contributed by atoms with Gasteiger partial charge in [-0.1, -0.05) is 20.8 Å². The molecule has 0 spiro atoms. The van der Waals surface area contributed by atoms with Gasteiger partial charge in [0.05, 0.1) is 17.4 Å². The molecule has 0 aliphatic carbocycles. The Morgan fingerprint density at radius 2 is 2.12 bits per heavy atom. The first-order chi connectivity index (χ1) is 11.8. The van der Waals surface area contributed by atoms with Crippen LogP contribution in [0.25, 0.3) is 5.69 Å². The Morgan fingerprint density at radius 3 is 2.80 bits per heavy atom. The molecule has 1 fully saturated rings. The number of carboxylic acid groups (broad SMARTS) is 1. The number of rotatable bonds is 1. The number of carbonyl (C=O) groups excluding carboxylic acids is 1. The Morgan fingerprint density at radius 1 is 1.36 bits per heavy atom. The highest BCUT2D eigenvalue weighted by Crippen LogP contribution is 2.42. The van der Waals surface area contributed by atoms with Crippen molar-refractivity contribution in [1.82, 2.24) is 19.4 Å². The molecular formula is C18H20N4O3. The van der Waals surface area contributed by atoms with Crippen molar-refractivity contribution in [3.63, 3.8) is 0 Å². The smallest absolute Gasteiger partial charge is 0.356 e. The summed E-state index contributed by atoms with van der Waals surface area (Å²) < 4.78 is 1.86. The minimum Gasteiger partial charge on any atom is -0.476 e. The molecule has 0 bridgehead atoms. The van der Waals surface area contributed by atoms with Crippen LogP contribution in [0.3, 0.4) is 0 Å². The number of nitrogens with zero attached hydrogens (tertiary/aromatic N) is 4. The first-order valence-electron chi connectivity index (χ1n) is 8.43. The van der Waals surface area contributed by atoms with Gasteiger partial charge in [0.2, 0.25) is 0 Å². The van der Waals surface area contributed by atoms with Crippen molar-refractivity contribution in [2.75, 3.05) is 6.54 Å². The predicted molar refractivity (Wildman–Crippen MR) is 90.0 cm³/mol. The fourth-order valence-electron chi connectivity index (χ4n) is 3.82. The summed E-state index contributed by atoms with van der Waals surface area (Å²) in [4.78, 5) is 35.5. The van der Waals surface area contributed by atoms with Crippen molar-refractivity contribution < 1.29 is 14.7 Å². The van der Waals surface area contributed by atoms with E-state index in [-0.39, 0.29) is 23.1 Å². The van der Waals surface area contributed by atoms with Gasteiger partial charge in [0.15, 0.2) is 11.4 Å². The summed E-state index contributed by atoms with van der Waals surface area (Å²) in [6, 6.07) is 3.30. The molecule has 0 saturated carbocycles. The Hall–Kier alpha value is -2.70. The Labute approximate surface area is 145 Å². The summed E-state index contributed by atoms with van der Waals surface area (Å²) in [6.45, 7) is 6.57. The number of imidazole rings is 1. The zero-order valence-corrected chi connectivity index (χ0v) is 14.5. The highest BCUT2D eigenvalue weighted by atomic mass is 16.4. The fourth-order valence-corrected chi connectivity index (χ4v) is 3.82. The number of carboxylic acids is 1.